The molecule has 1 unspecified atom stereocenters. The zero-order valence-corrected chi connectivity index (χ0v) is 13.4. The van der Waals surface area contributed by atoms with Gasteiger partial charge in [0.2, 0.25) is 0 Å². The van der Waals surface area contributed by atoms with Crippen molar-refractivity contribution in [1.29, 1.82) is 0 Å². The molecule has 1 atom stereocenters. The smallest absolute Gasteiger partial charge is 0.135 e. The molecular formula is C15H11Cl3OS. The molecule has 0 N–H and O–H groups in total. The van der Waals surface area contributed by atoms with E-state index >= 15 is 0 Å². The van der Waals surface area contributed by atoms with Crippen LogP contribution in [0.2, 0.25) is 15.1 Å². The molecule has 20 heavy (non-hydrogen) atoms. The Labute approximate surface area is 136 Å². The number of hydrogen-bond acceptors (Lipinski definition) is 1. The highest BCUT2D eigenvalue weighted by molar-refractivity contribution is 7.93. The van der Waals surface area contributed by atoms with Crippen LogP contribution in [0.3, 0.4) is 0 Å². The van der Waals surface area contributed by atoms with Crippen molar-refractivity contribution in [3.05, 3.63) is 74.1 Å². The summed E-state index contributed by atoms with van der Waals surface area (Å²) >= 11 is 16.7. The first-order valence-electron chi connectivity index (χ1n) is 5.80. The Balaban J connectivity index is 2.03. The minimum absolute atomic E-state index is 0.436. The molecule has 0 aliphatic rings. The first-order chi connectivity index (χ1) is 9.56. The zero-order valence-electron chi connectivity index (χ0n) is 10.4. The number of rotatable bonds is 4. The van der Waals surface area contributed by atoms with Gasteiger partial charge in [0.15, 0.2) is 0 Å². The lowest BCUT2D eigenvalue weighted by Crippen LogP contribution is -1.99. The predicted octanol–water partition coefficient (Wildman–Crippen LogP) is 5.57. The van der Waals surface area contributed by atoms with Crippen molar-refractivity contribution in [1.82, 2.24) is 0 Å². The lowest BCUT2D eigenvalue weighted by atomic mass is 10.2. The van der Waals surface area contributed by atoms with Gasteiger partial charge in [0.1, 0.15) is 11.2 Å². The van der Waals surface area contributed by atoms with Gasteiger partial charge in [-0.15, -0.1) is 0 Å². The molecule has 0 amide bonds. The molecule has 5 heteroatoms. The van der Waals surface area contributed by atoms with Gasteiger partial charge in [-0.05, 0) is 41.0 Å². The van der Waals surface area contributed by atoms with Crippen LogP contribution < -0.4 is 0 Å². The fourth-order valence-electron chi connectivity index (χ4n) is 1.59. The Hall–Kier alpha value is -0.640. The number of hydrogen-bond donors (Lipinski definition) is 0. The van der Waals surface area contributed by atoms with E-state index in [1.54, 1.807) is 35.7 Å². The van der Waals surface area contributed by atoms with Crippen LogP contribution in [0.5, 0.6) is 0 Å². The van der Waals surface area contributed by atoms with E-state index in [-0.39, 0.29) is 0 Å². The van der Waals surface area contributed by atoms with E-state index in [1.807, 2.05) is 18.2 Å². The number of benzene rings is 2. The van der Waals surface area contributed by atoms with E-state index in [0.717, 1.165) is 11.1 Å². The van der Waals surface area contributed by atoms with E-state index in [9.17, 15) is 4.55 Å². The third-order valence-electron chi connectivity index (χ3n) is 2.60. The molecule has 0 heterocycles. The van der Waals surface area contributed by atoms with Crippen LogP contribution in [0, 0.1) is 0 Å². The van der Waals surface area contributed by atoms with Gasteiger partial charge < -0.3 is 4.55 Å². The molecule has 0 spiro atoms. The van der Waals surface area contributed by atoms with Gasteiger partial charge >= 0.3 is 0 Å². The van der Waals surface area contributed by atoms with Crippen LogP contribution in [0.25, 0.3) is 6.08 Å². The summed E-state index contributed by atoms with van der Waals surface area (Å²) in [4.78, 5) is 0. The lowest BCUT2D eigenvalue weighted by Gasteiger charge is -2.06. The minimum Gasteiger partial charge on any atom is -0.612 e. The molecule has 0 fully saturated rings. The van der Waals surface area contributed by atoms with Gasteiger partial charge in [-0.25, -0.2) is 0 Å². The first kappa shape index (κ1) is 15.7. The largest absolute Gasteiger partial charge is 0.612 e. The monoisotopic (exact) mass is 344 g/mol. The molecule has 0 saturated carbocycles. The fourth-order valence-corrected chi connectivity index (χ4v) is 3.00. The van der Waals surface area contributed by atoms with Crippen molar-refractivity contribution < 1.29 is 4.55 Å². The highest BCUT2D eigenvalue weighted by Crippen LogP contribution is 2.26. The van der Waals surface area contributed by atoms with Crippen LogP contribution in [-0.2, 0) is 16.9 Å². The molecule has 0 aromatic heterocycles. The van der Waals surface area contributed by atoms with Gasteiger partial charge in [0.05, 0.1) is 10.0 Å². The molecule has 2 aromatic rings. The fraction of sp³-hybridized carbons (Fsp3) is 0.0667. The molecule has 0 aliphatic heterocycles. The molecular weight excluding hydrogens is 335 g/mol. The Morgan fingerprint density at radius 1 is 1.00 bits per heavy atom. The summed E-state index contributed by atoms with van der Waals surface area (Å²) in [6.45, 7) is 0. The summed E-state index contributed by atoms with van der Waals surface area (Å²) in [7, 11) is 0. The Morgan fingerprint density at radius 3 is 2.40 bits per heavy atom. The molecule has 2 rings (SSSR count). The third-order valence-corrected chi connectivity index (χ3v) is 4.75. The van der Waals surface area contributed by atoms with E-state index in [4.69, 9.17) is 34.8 Å². The second kappa shape index (κ2) is 7.39. The normalized spacial score (nSPS) is 12.8. The van der Waals surface area contributed by atoms with Gasteiger partial charge in [0, 0.05) is 10.6 Å². The second-order valence-electron chi connectivity index (χ2n) is 4.10. The van der Waals surface area contributed by atoms with Gasteiger partial charge in [0.25, 0.3) is 0 Å². The average molecular weight is 346 g/mol. The van der Waals surface area contributed by atoms with Gasteiger partial charge in [-0.2, -0.15) is 0 Å². The molecule has 1 nitrogen and oxygen atoms in total. The predicted molar refractivity (Wildman–Crippen MR) is 88.8 cm³/mol. The molecule has 0 aliphatic carbocycles. The van der Waals surface area contributed by atoms with Crippen molar-refractivity contribution in [3.8, 4) is 0 Å². The molecule has 0 radical (unpaired) electrons. The molecule has 2 aromatic carbocycles. The van der Waals surface area contributed by atoms with E-state index in [2.05, 4.69) is 0 Å². The van der Waals surface area contributed by atoms with E-state index in [1.165, 1.54) is 0 Å². The van der Waals surface area contributed by atoms with E-state index in [0.29, 0.717) is 20.8 Å². The van der Waals surface area contributed by atoms with Crippen molar-refractivity contribution >= 4 is 52.1 Å². The Kier molecular flexibility index (Phi) is 5.82. The lowest BCUT2D eigenvalue weighted by molar-refractivity contribution is 0.603. The molecule has 0 saturated heterocycles. The van der Waals surface area contributed by atoms with Gasteiger partial charge in [-0.1, -0.05) is 59.1 Å². The summed E-state index contributed by atoms with van der Waals surface area (Å²) in [6, 6.07) is 12.6. The first-order valence-corrected chi connectivity index (χ1v) is 8.31. The second-order valence-corrected chi connectivity index (χ2v) is 6.64. The Morgan fingerprint density at radius 2 is 1.70 bits per heavy atom. The van der Waals surface area contributed by atoms with Crippen LogP contribution >= 0.6 is 34.8 Å². The Bertz CT molecular complexity index is 611. The quantitative estimate of drug-likeness (QED) is 0.665. The average Bonchev–Trinajstić information content (AvgIpc) is 2.43. The van der Waals surface area contributed by atoms with Crippen molar-refractivity contribution in [2.75, 3.05) is 0 Å². The third kappa shape index (κ3) is 4.44. The van der Waals surface area contributed by atoms with Crippen LogP contribution in [-0.4, -0.2) is 4.55 Å². The molecule has 104 valence electrons. The maximum atomic E-state index is 12.0. The highest BCUT2D eigenvalue weighted by Gasteiger charge is 2.06. The minimum atomic E-state index is -1.12. The summed E-state index contributed by atoms with van der Waals surface area (Å²) in [5, 5.41) is 3.23. The number of halogens is 3. The summed E-state index contributed by atoms with van der Waals surface area (Å²) < 4.78 is 12.0. The van der Waals surface area contributed by atoms with Crippen LogP contribution in [0.4, 0.5) is 0 Å². The van der Waals surface area contributed by atoms with Crippen molar-refractivity contribution in [3.63, 3.8) is 0 Å². The standard InChI is InChI=1S/C15H11Cl3OS/c16-13-6-4-11(5-7-13)10-20(19)9-8-12-2-1-3-14(17)15(12)18/h1-9H,10H2/b9-8+. The summed E-state index contributed by atoms with van der Waals surface area (Å²) in [6.07, 6.45) is 1.72. The SMILES string of the molecule is [O-][S+](/C=C/c1cccc(Cl)c1Cl)Cc1ccc(Cl)cc1. The molecule has 0 bridgehead atoms. The zero-order chi connectivity index (χ0) is 14.5. The maximum absolute atomic E-state index is 12.0. The van der Waals surface area contributed by atoms with Crippen molar-refractivity contribution in [2.24, 2.45) is 0 Å². The van der Waals surface area contributed by atoms with E-state index < -0.39 is 11.2 Å². The van der Waals surface area contributed by atoms with Gasteiger partial charge in [-0.3, -0.25) is 0 Å². The van der Waals surface area contributed by atoms with Crippen LogP contribution in [0.15, 0.2) is 47.9 Å². The summed E-state index contributed by atoms with van der Waals surface area (Å²) in [5.41, 5.74) is 1.72. The maximum Gasteiger partial charge on any atom is 0.135 e. The summed E-state index contributed by atoms with van der Waals surface area (Å²) in [5.74, 6) is 0.436. The highest BCUT2D eigenvalue weighted by atomic mass is 35.5. The topological polar surface area (TPSA) is 23.1 Å². The van der Waals surface area contributed by atoms with Crippen LogP contribution in [0.1, 0.15) is 11.1 Å². The van der Waals surface area contributed by atoms with Crippen molar-refractivity contribution in [2.45, 2.75) is 5.75 Å².